The van der Waals surface area contributed by atoms with E-state index in [1.807, 2.05) is 60.7 Å². The number of hydrogen-bond acceptors (Lipinski definition) is 8. The Morgan fingerprint density at radius 3 is 1.12 bits per heavy atom. The van der Waals surface area contributed by atoms with E-state index in [0.717, 1.165) is 11.1 Å². The van der Waals surface area contributed by atoms with Gasteiger partial charge in [0.2, 0.25) is 12.6 Å². The van der Waals surface area contributed by atoms with Gasteiger partial charge in [0.1, 0.15) is 11.6 Å². The van der Waals surface area contributed by atoms with Crippen LogP contribution >= 0.6 is 0 Å². The molecule has 4 aromatic rings. The third kappa shape index (κ3) is 10.9. The first-order valence-corrected chi connectivity index (χ1v) is 15.2. The van der Waals surface area contributed by atoms with Crippen LogP contribution in [0.1, 0.15) is 64.5 Å². The molecule has 0 bridgehead atoms. The summed E-state index contributed by atoms with van der Waals surface area (Å²) in [6.45, 7) is 8.58. The van der Waals surface area contributed by atoms with E-state index in [9.17, 15) is 28.0 Å². The molecule has 4 aromatic carbocycles. The van der Waals surface area contributed by atoms with E-state index >= 15 is 0 Å². The standard InChI is InChI=1S/2C19H19FO4/c2*1-12(19(22)24-14(3)23-13(2)21)16-9-10-17(18(20)11-16)15-7-5-4-6-8-15/h2*4-12,14H,1-3H3. The lowest BCUT2D eigenvalue weighted by Crippen LogP contribution is -2.23. The monoisotopic (exact) mass is 660 g/mol. The molecule has 0 fully saturated rings. The van der Waals surface area contributed by atoms with Crippen molar-refractivity contribution in [1.82, 2.24) is 0 Å². The Labute approximate surface area is 278 Å². The minimum atomic E-state index is -0.981. The highest BCUT2D eigenvalue weighted by atomic mass is 19.1. The average Bonchev–Trinajstić information content (AvgIpc) is 3.04. The van der Waals surface area contributed by atoms with Crippen LogP contribution in [0, 0.1) is 11.6 Å². The van der Waals surface area contributed by atoms with Crippen molar-refractivity contribution < 1.29 is 46.9 Å². The van der Waals surface area contributed by atoms with Gasteiger partial charge in [0.05, 0.1) is 11.8 Å². The largest absolute Gasteiger partial charge is 0.426 e. The quantitative estimate of drug-likeness (QED) is 0.124. The summed E-state index contributed by atoms with van der Waals surface area (Å²) in [6, 6.07) is 27.6. The van der Waals surface area contributed by atoms with Crippen LogP contribution in [0.15, 0.2) is 97.1 Å². The van der Waals surface area contributed by atoms with Gasteiger partial charge < -0.3 is 18.9 Å². The molecule has 0 amide bonds. The number of carbonyl (C=O) groups excluding carboxylic acids is 4. The van der Waals surface area contributed by atoms with Crippen molar-refractivity contribution in [3.63, 3.8) is 0 Å². The molecule has 252 valence electrons. The third-order valence-electron chi connectivity index (χ3n) is 7.09. The van der Waals surface area contributed by atoms with Gasteiger partial charge in [-0.15, -0.1) is 0 Å². The molecule has 0 aliphatic carbocycles. The summed E-state index contributed by atoms with van der Waals surface area (Å²) in [6.07, 6.45) is -1.96. The predicted octanol–water partition coefficient (Wildman–Crippen LogP) is 8.10. The Kier molecular flexibility index (Phi) is 13.5. The molecule has 8 nitrogen and oxygen atoms in total. The smallest absolute Gasteiger partial charge is 0.316 e. The SMILES string of the molecule is CC(=O)OC(C)OC(=O)C(C)c1ccc(-c2ccccc2)c(F)c1.CC(=O)OC(C)OC(=O)C(C)c1ccc(-c2ccccc2)c(F)c1. The highest BCUT2D eigenvalue weighted by Crippen LogP contribution is 2.28. The van der Waals surface area contributed by atoms with Gasteiger partial charge in [-0.25, -0.2) is 8.78 Å². The van der Waals surface area contributed by atoms with E-state index < -0.39 is 59.9 Å². The van der Waals surface area contributed by atoms with E-state index in [0.29, 0.717) is 22.3 Å². The van der Waals surface area contributed by atoms with Crippen molar-refractivity contribution >= 4 is 23.9 Å². The lowest BCUT2D eigenvalue weighted by atomic mass is 9.97. The van der Waals surface area contributed by atoms with Crippen molar-refractivity contribution in [2.24, 2.45) is 0 Å². The van der Waals surface area contributed by atoms with Gasteiger partial charge in [0.25, 0.3) is 0 Å². The van der Waals surface area contributed by atoms with Crippen LogP contribution in [0.3, 0.4) is 0 Å². The van der Waals surface area contributed by atoms with Crippen LogP contribution in [0.25, 0.3) is 22.3 Å². The molecule has 0 heterocycles. The zero-order valence-electron chi connectivity index (χ0n) is 27.6. The Balaban J connectivity index is 0.000000260. The van der Waals surface area contributed by atoms with Crippen molar-refractivity contribution in [2.45, 2.75) is 66.0 Å². The Bertz CT molecular complexity index is 1580. The zero-order chi connectivity index (χ0) is 35.4. The first kappa shape index (κ1) is 37.1. The van der Waals surface area contributed by atoms with Gasteiger partial charge >= 0.3 is 23.9 Å². The Hall–Kier alpha value is -5.38. The Morgan fingerprint density at radius 2 is 0.833 bits per heavy atom. The summed E-state index contributed by atoms with van der Waals surface area (Å²) in [4.78, 5) is 45.8. The van der Waals surface area contributed by atoms with Crippen LogP contribution in [0.5, 0.6) is 0 Å². The maximum Gasteiger partial charge on any atom is 0.316 e. The molecule has 0 saturated heterocycles. The van der Waals surface area contributed by atoms with Crippen LogP contribution in [0.4, 0.5) is 8.78 Å². The molecule has 0 radical (unpaired) electrons. The molecule has 0 aromatic heterocycles. The van der Waals surface area contributed by atoms with Crippen LogP contribution in [0.2, 0.25) is 0 Å². The van der Waals surface area contributed by atoms with Crippen molar-refractivity contribution in [2.75, 3.05) is 0 Å². The first-order chi connectivity index (χ1) is 22.8. The van der Waals surface area contributed by atoms with E-state index in [-0.39, 0.29) is 0 Å². The molecule has 0 N–H and O–H groups in total. The minimum absolute atomic E-state index is 0.411. The van der Waals surface area contributed by atoms with Gasteiger partial charge in [0, 0.05) is 38.8 Å². The Morgan fingerprint density at radius 1 is 0.500 bits per heavy atom. The van der Waals surface area contributed by atoms with E-state index in [1.54, 1.807) is 38.1 Å². The summed E-state index contributed by atoms with van der Waals surface area (Å²) >= 11 is 0. The number of halogens is 2. The number of benzene rings is 4. The molecule has 4 rings (SSSR count). The summed E-state index contributed by atoms with van der Waals surface area (Å²) in [5.41, 5.74) is 3.45. The summed E-state index contributed by atoms with van der Waals surface area (Å²) < 4.78 is 48.3. The number of hydrogen-bond donors (Lipinski definition) is 0. The first-order valence-electron chi connectivity index (χ1n) is 15.2. The molecular formula is C38H38F2O8. The fourth-order valence-electron chi connectivity index (χ4n) is 4.62. The topological polar surface area (TPSA) is 105 Å². The molecular weight excluding hydrogens is 622 g/mol. The fraction of sp³-hybridized carbons (Fsp3) is 0.263. The number of ether oxygens (including phenoxy) is 4. The molecule has 0 saturated carbocycles. The second kappa shape index (κ2) is 17.5. The lowest BCUT2D eigenvalue weighted by Gasteiger charge is -2.17. The summed E-state index contributed by atoms with van der Waals surface area (Å²) in [5, 5.41) is 0. The normalized spacial score (nSPS) is 13.0. The molecule has 0 aliphatic heterocycles. The van der Waals surface area contributed by atoms with Crippen LogP contribution in [-0.4, -0.2) is 36.5 Å². The summed E-state index contributed by atoms with van der Waals surface area (Å²) in [7, 11) is 0. The molecule has 0 aliphatic rings. The lowest BCUT2D eigenvalue weighted by molar-refractivity contribution is -0.185. The highest BCUT2D eigenvalue weighted by molar-refractivity contribution is 5.79. The highest BCUT2D eigenvalue weighted by Gasteiger charge is 2.23. The fourth-order valence-corrected chi connectivity index (χ4v) is 4.62. The van der Waals surface area contributed by atoms with Gasteiger partial charge in [-0.1, -0.05) is 84.9 Å². The van der Waals surface area contributed by atoms with Crippen LogP contribution in [-0.2, 0) is 38.1 Å². The maximum atomic E-state index is 14.4. The average molecular weight is 661 g/mol. The number of carbonyl (C=O) groups is 4. The van der Waals surface area contributed by atoms with Gasteiger partial charge in [-0.2, -0.15) is 0 Å². The van der Waals surface area contributed by atoms with E-state index in [4.69, 9.17) is 18.9 Å². The van der Waals surface area contributed by atoms with Gasteiger partial charge in [0.15, 0.2) is 0 Å². The predicted molar refractivity (Wildman–Crippen MR) is 175 cm³/mol. The number of rotatable bonds is 10. The molecule has 4 unspecified atom stereocenters. The van der Waals surface area contributed by atoms with Gasteiger partial charge in [-0.3, -0.25) is 19.2 Å². The molecule has 0 spiro atoms. The minimum Gasteiger partial charge on any atom is -0.426 e. The maximum absolute atomic E-state index is 14.4. The molecule has 4 atom stereocenters. The summed E-state index contributed by atoms with van der Waals surface area (Å²) in [5.74, 6) is -4.43. The molecule has 48 heavy (non-hydrogen) atoms. The van der Waals surface area contributed by atoms with E-state index in [2.05, 4.69) is 0 Å². The van der Waals surface area contributed by atoms with Gasteiger partial charge in [-0.05, 0) is 48.2 Å². The van der Waals surface area contributed by atoms with Crippen molar-refractivity contribution in [3.05, 3.63) is 120 Å². The van der Waals surface area contributed by atoms with Crippen molar-refractivity contribution in [1.29, 1.82) is 0 Å². The van der Waals surface area contributed by atoms with Crippen molar-refractivity contribution in [3.8, 4) is 22.3 Å². The second-order valence-electron chi connectivity index (χ2n) is 10.9. The zero-order valence-corrected chi connectivity index (χ0v) is 27.6. The molecule has 10 heteroatoms. The van der Waals surface area contributed by atoms with E-state index in [1.165, 1.54) is 39.8 Å². The second-order valence-corrected chi connectivity index (χ2v) is 10.9. The van der Waals surface area contributed by atoms with Crippen LogP contribution < -0.4 is 0 Å². The number of esters is 4. The third-order valence-corrected chi connectivity index (χ3v) is 7.09.